The van der Waals surface area contributed by atoms with Gasteiger partial charge in [-0.15, -0.1) is 0 Å². The smallest absolute Gasteiger partial charge is 0.419 e. The van der Waals surface area contributed by atoms with Crippen LogP contribution in [-0.4, -0.2) is 82.0 Å². The van der Waals surface area contributed by atoms with Crippen LogP contribution in [0.3, 0.4) is 0 Å². The minimum Gasteiger partial charge on any atom is -0.443 e. The van der Waals surface area contributed by atoms with Gasteiger partial charge in [0.1, 0.15) is 12.2 Å². The summed E-state index contributed by atoms with van der Waals surface area (Å²) in [6, 6.07) is 15.7. The molecule has 1 aromatic heterocycles. The molecule has 0 bridgehead atoms. The lowest BCUT2D eigenvalue weighted by atomic mass is 9.95. The van der Waals surface area contributed by atoms with Crippen LogP contribution in [0.2, 0.25) is 0 Å². The van der Waals surface area contributed by atoms with Gasteiger partial charge in [-0.3, -0.25) is 9.36 Å². The predicted molar refractivity (Wildman–Crippen MR) is 182 cm³/mol. The second-order valence-corrected chi connectivity index (χ2v) is 14.6. The van der Waals surface area contributed by atoms with Gasteiger partial charge in [0.2, 0.25) is 0 Å². The topological polar surface area (TPSA) is 133 Å². The maximum absolute atomic E-state index is 13.2. The molecule has 12 heteroatoms. The zero-order chi connectivity index (χ0) is 35.3. The van der Waals surface area contributed by atoms with Crippen molar-refractivity contribution in [3.05, 3.63) is 70.2 Å². The van der Waals surface area contributed by atoms with E-state index in [1.54, 1.807) is 41.7 Å². The van der Waals surface area contributed by atoms with Crippen LogP contribution in [0, 0.1) is 0 Å². The van der Waals surface area contributed by atoms with Crippen molar-refractivity contribution in [3.63, 3.8) is 0 Å². The van der Waals surface area contributed by atoms with E-state index >= 15 is 0 Å². The maximum atomic E-state index is 13.2. The van der Waals surface area contributed by atoms with Crippen molar-refractivity contribution in [1.29, 1.82) is 0 Å². The molecule has 1 N–H and O–H groups in total. The van der Waals surface area contributed by atoms with E-state index in [9.17, 15) is 19.2 Å². The van der Waals surface area contributed by atoms with Gasteiger partial charge >= 0.3 is 17.9 Å². The molecule has 5 rings (SSSR count). The molecule has 3 aromatic rings. The number of urea groups is 1. The molecule has 262 valence electrons. The highest BCUT2D eigenvalue weighted by Gasteiger charge is 2.43. The third-order valence-corrected chi connectivity index (χ3v) is 8.24. The van der Waals surface area contributed by atoms with Crippen LogP contribution >= 0.6 is 0 Å². The van der Waals surface area contributed by atoms with Crippen LogP contribution in [0.25, 0.3) is 11.1 Å². The summed E-state index contributed by atoms with van der Waals surface area (Å²) in [5.74, 6) is -0.757. The number of unbranched alkanes of at least 4 members (excludes halogenated alkanes) is 1. The van der Waals surface area contributed by atoms with Crippen molar-refractivity contribution in [2.24, 2.45) is 7.05 Å². The predicted octanol–water partition coefficient (Wildman–Crippen LogP) is 5.57. The van der Waals surface area contributed by atoms with Crippen LogP contribution in [-0.2, 0) is 32.5 Å². The van der Waals surface area contributed by atoms with E-state index in [0.717, 1.165) is 35.2 Å². The van der Waals surface area contributed by atoms with Gasteiger partial charge in [0.25, 0.3) is 5.91 Å². The summed E-state index contributed by atoms with van der Waals surface area (Å²) in [5, 5.41) is 3.10. The highest BCUT2D eigenvalue weighted by Crippen LogP contribution is 2.34. The number of hydrogen-bond donors (Lipinski definition) is 1. The first-order valence-electron chi connectivity index (χ1n) is 16.4. The van der Waals surface area contributed by atoms with E-state index in [4.69, 9.17) is 18.6 Å². The number of imide groups is 1. The van der Waals surface area contributed by atoms with Crippen LogP contribution in [0.1, 0.15) is 78.5 Å². The number of oxazole rings is 1. The Morgan fingerprint density at radius 3 is 2.31 bits per heavy atom. The van der Waals surface area contributed by atoms with Gasteiger partial charge in [-0.05, 0) is 91.0 Å². The molecule has 2 aromatic carbocycles. The van der Waals surface area contributed by atoms with Crippen molar-refractivity contribution in [1.82, 2.24) is 19.7 Å². The van der Waals surface area contributed by atoms with Gasteiger partial charge < -0.3 is 28.8 Å². The summed E-state index contributed by atoms with van der Waals surface area (Å²) in [7, 11) is 1.68. The minimum atomic E-state index is -0.655. The molecule has 4 amide bonds. The third-order valence-electron chi connectivity index (χ3n) is 8.24. The van der Waals surface area contributed by atoms with Crippen LogP contribution in [0.4, 0.5) is 9.59 Å². The van der Waals surface area contributed by atoms with E-state index < -0.39 is 28.5 Å². The first-order chi connectivity index (χ1) is 22.5. The number of fused-ring (bicyclic) bond motifs is 1. The van der Waals surface area contributed by atoms with Gasteiger partial charge in [0.05, 0.1) is 42.5 Å². The summed E-state index contributed by atoms with van der Waals surface area (Å²) in [4.78, 5) is 51.6. The van der Waals surface area contributed by atoms with E-state index in [1.807, 2.05) is 43.0 Å². The Bertz CT molecular complexity index is 1640. The number of carbonyl (C=O) groups excluding carboxylic acids is 3. The molecule has 0 saturated carbocycles. The second kappa shape index (κ2) is 14.9. The summed E-state index contributed by atoms with van der Waals surface area (Å²) >= 11 is 0. The number of hydrogen-bond acceptors (Lipinski definition) is 8. The molecule has 2 saturated heterocycles. The number of ether oxygens (including phenoxy) is 3. The molecule has 0 radical (unpaired) electrons. The lowest BCUT2D eigenvalue weighted by Gasteiger charge is -2.47. The Kier molecular flexibility index (Phi) is 11.4. The quantitative estimate of drug-likeness (QED) is 0.338. The number of benzene rings is 2. The molecular weight excluding hydrogens is 616 g/mol. The van der Waals surface area contributed by atoms with Crippen molar-refractivity contribution >= 4 is 29.1 Å². The molecule has 12 nitrogen and oxygen atoms in total. The van der Waals surface area contributed by atoms with Crippen molar-refractivity contribution in [2.75, 3.05) is 33.0 Å². The molecule has 1 unspecified atom stereocenters. The molecule has 0 aliphatic carbocycles. The SMILES string of the molecule is CC(C)(C)OC(=O)N1C(=O)COCC1(C)C.Cn1c(=O)oc2cc(C3COCC(C)(C)N3C(=O)NCCCCc3ccccc3)ccc21. The highest BCUT2D eigenvalue weighted by atomic mass is 16.6. The fraction of sp³-hybridized carbons (Fsp3) is 0.556. The molecule has 2 aliphatic heterocycles. The summed E-state index contributed by atoms with van der Waals surface area (Å²) < 4.78 is 23.0. The lowest BCUT2D eigenvalue weighted by molar-refractivity contribution is -0.152. The first kappa shape index (κ1) is 36.7. The summed E-state index contributed by atoms with van der Waals surface area (Å²) in [6.07, 6.45) is 2.33. The second-order valence-electron chi connectivity index (χ2n) is 14.6. The van der Waals surface area contributed by atoms with E-state index in [2.05, 4.69) is 29.6 Å². The van der Waals surface area contributed by atoms with Gasteiger partial charge in [-0.1, -0.05) is 36.4 Å². The number of carbonyl (C=O) groups is 3. The van der Waals surface area contributed by atoms with Crippen molar-refractivity contribution < 1.29 is 33.0 Å². The lowest BCUT2D eigenvalue weighted by Crippen LogP contribution is -2.59. The molecule has 0 spiro atoms. The Balaban J connectivity index is 0.000000274. The fourth-order valence-electron chi connectivity index (χ4n) is 5.90. The minimum absolute atomic E-state index is 0.0668. The monoisotopic (exact) mass is 666 g/mol. The molecule has 3 heterocycles. The van der Waals surface area contributed by atoms with Crippen LogP contribution < -0.4 is 11.1 Å². The van der Waals surface area contributed by atoms with Gasteiger partial charge in [0, 0.05) is 13.6 Å². The number of aromatic nitrogens is 1. The average molecular weight is 667 g/mol. The van der Waals surface area contributed by atoms with Gasteiger partial charge in [-0.2, -0.15) is 0 Å². The number of nitrogens with zero attached hydrogens (tertiary/aromatic N) is 3. The van der Waals surface area contributed by atoms with Gasteiger partial charge in [-0.25, -0.2) is 19.3 Å². The molecule has 2 aliphatic rings. The number of aryl methyl sites for hydroxylation is 2. The number of rotatable bonds is 6. The Morgan fingerprint density at radius 1 is 0.958 bits per heavy atom. The first-order valence-corrected chi connectivity index (χ1v) is 16.4. The standard InChI is InChI=1S/C25H31N3O4.C11H19NO4/c1-25(2)17-31-16-21(19-12-13-20-22(15-19)32-24(30)27(20)3)28(25)23(29)26-14-8-7-11-18-9-5-4-6-10-18;1-10(2,3)16-9(14)12-8(13)6-15-7-11(12,4)5/h4-6,9-10,12-13,15,21H,7-8,11,14,16-17H2,1-3H3,(H,26,29);6-7H2,1-5H3. The third kappa shape index (κ3) is 9.04. The molecule has 2 fully saturated rings. The van der Waals surface area contributed by atoms with E-state index in [1.165, 1.54) is 10.1 Å². The largest absolute Gasteiger partial charge is 0.443 e. The summed E-state index contributed by atoms with van der Waals surface area (Å²) in [6.45, 7) is 14.6. The van der Waals surface area contributed by atoms with E-state index in [0.29, 0.717) is 31.9 Å². The Labute approximate surface area is 282 Å². The number of amides is 4. The molecule has 1 atom stereocenters. The maximum Gasteiger partial charge on any atom is 0.419 e. The Hall–Kier alpha value is -4.16. The highest BCUT2D eigenvalue weighted by molar-refractivity contribution is 5.94. The number of nitrogens with one attached hydrogen (secondary N) is 1. The average Bonchev–Trinajstić information content (AvgIpc) is 3.27. The van der Waals surface area contributed by atoms with Crippen molar-refractivity contribution in [2.45, 2.75) is 90.4 Å². The zero-order valence-corrected chi connectivity index (χ0v) is 29.5. The number of morpholine rings is 2. The Morgan fingerprint density at radius 2 is 1.65 bits per heavy atom. The fourth-order valence-corrected chi connectivity index (χ4v) is 5.90. The summed E-state index contributed by atoms with van der Waals surface area (Å²) in [5.41, 5.74) is 1.71. The van der Waals surface area contributed by atoms with Crippen LogP contribution in [0.5, 0.6) is 0 Å². The normalized spacial score (nSPS) is 19.0. The van der Waals surface area contributed by atoms with Crippen molar-refractivity contribution in [3.8, 4) is 0 Å². The molecule has 48 heavy (non-hydrogen) atoms. The van der Waals surface area contributed by atoms with Crippen LogP contribution in [0.15, 0.2) is 57.7 Å². The zero-order valence-electron chi connectivity index (χ0n) is 29.5. The van der Waals surface area contributed by atoms with Gasteiger partial charge in [0.15, 0.2) is 5.58 Å². The van der Waals surface area contributed by atoms with E-state index in [-0.39, 0.29) is 24.6 Å². The molecular formula is C36H50N4O8.